The lowest BCUT2D eigenvalue weighted by Crippen LogP contribution is -2.47. The van der Waals surface area contributed by atoms with Crippen LogP contribution in [0.2, 0.25) is 5.02 Å². The molecule has 1 aromatic carbocycles. The molecule has 0 aromatic heterocycles. The molecule has 4 nitrogen and oxygen atoms in total. The van der Waals surface area contributed by atoms with Crippen molar-refractivity contribution in [2.75, 3.05) is 13.1 Å². The van der Waals surface area contributed by atoms with E-state index in [2.05, 4.69) is 10.6 Å². The summed E-state index contributed by atoms with van der Waals surface area (Å²) in [7, 11) is 0. The first kappa shape index (κ1) is 16.8. The average molecular weight is 338 g/mol. The molecule has 2 rings (SSSR count). The highest BCUT2D eigenvalue weighted by molar-refractivity contribution is 7.80. The maximum atomic E-state index is 12.8. The third-order valence-electron chi connectivity index (χ3n) is 3.75. The molecule has 2 N–H and O–H groups in total. The molecule has 0 spiro atoms. The predicted molar refractivity (Wildman–Crippen MR) is 93.7 cm³/mol. The summed E-state index contributed by atoms with van der Waals surface area (Å²) in [5, 5.41) is 7.43. The maximum absolute atomic E-state index is 12.8. The highest BCUT2D eigenvalue weighted by Crippen LogP contribution is 2.28. The van der Waals surface area contributed by atoms with Crippen LogP contribution in [0.3, 0.4) is 0 Å². The Balaban J connectivity index is 2.45. The quantitative estimate of drug-likeness (QED) is 0.829. The Morgan fingerprint density at radius 1 is 1.27 bits per heavy atom. The van der Waals surface area contributed by atoms with Crippen LogP contribution in [0, 0.1) is 0 Å². The van der Waals surface area contributed by atoms with Crippen molar-refractivity contribution < 1.29 is 4.79 Å². The molecule has 1 aromatic rings. The fraction of sp³-hybridized carbons (Fsp3) is 0.375. The van der Waals surface area contributed by atoms with Gasteiger partial charge in [-0.3, -0.25) is 4.79 Å². The van der Waals surface area contributed by atoms with Crippen LogP contribution in [-0.2, 0) is 4.79 Å². The Hall–Kier alpha value is -1.59. The summed E-state index contributed by atoms with van der Waals surface area (Å²) in [6.45, 7) is 7.17. The van der Waals surface area contributed by atoms with Gasteiger partial charge < -0.3 is 15.5 Å². The van der Waals surface area contributed by atoms with E-state index in [9.17, 15) is 4.79 Å². The molecule has 118 valence electrons. The van der Waals surface area contributed by atoms with Crippen molar-refractivity contribution in [2.45, 2.75) is 26.8 Å². The first-order chi connectivity index (χ1) is 10.5. The summed E-state index contributed by atoms with van der Waals surface area (Å²) in [5.41, 5.74) is 2.45. The molecule has 1 unspecified atom stereocenters. The monoisotopic (exact) mass is 337 g/mol. The Bertz CT molecular complexity index is 608. The first-order valence-electron chi connectivity index (χ1n) is 7.30. The fourth-order valence-electron chi connectivity index (χ4n) is 2.56. The van der Waals surface area contributed by atoms with E-state index >= 15 is 0 Å². The van der Waals surface area contributed by atoms with Gasteiger partial charge in [-0.25, -0.2) is 0 Å². The third kappa shape index (κ3) is 3.42. The minimum atomic E-state index is -0.265. The number of benzene rings is 1. The molecular weight excluding hydrogens is 318 g/mol. The smallest absolute Gasteiger partial charge is 0.253 e. The van der Waals surface area contributed by atoms with E-state index in [1.165, 1.54) is 0 Å². The Morgan fingerprint density at radius 3 is 2.41 bits per heavy atom. The number of hydrogen-bond donors (Lipinski definition) is 2. The van der Waals surface area contributed by atoms with Crippen molar-refractivity contribution in [1.29, 1.82) is 0 Å². The van der Waals surface area contributed by atoms with E-state index in [4.69, 9.17) is 23.8 Å². The lowest BCUT2D eigenvalue weighted by molar-refractivity contribution is -0.127. The zero-order chi connectivity index (χ0) is 16.3. The number of rotatable bonds is 4. The van der Waals surface area contributed by atoms with E-state index in [0.29, 0.717) is 28.8 Å². The topological polar surface area (TPSA) is 44.4 Å². The molecular formula is C16H20ClN3OS. The van der Waals surface area contributed by atoms with E-state index < -0.39 is 0 Å². The normalized spacial score (nSPS) is 17.8. The van der Waals surface area contributed by atoms with E-state index in [-0.39, 0.29) is 11.9 Å². The fourth-order valence-corrected chi connectivity index (χ4v) is 2.96. The molecule has 1 amide bonds. The summed E-state index contributed by atoms with van der Waals surface area (Å²) in [5.74, 6) is 0.0185. The van der Waals surface area contributed by atoms with Crippen molar-refractivity contribution in [2.24, 2.45) is 0 Å². The van der Waals surface area contributed by atoms with Gasteiger partial charge in [-0.1, -0.05) is 23.7 Å². The summed E-state index contributed by atoms with van der Waals surface area (Å²) < 4.78 is 0. The number of halogens is 1. The van der Waals surface area contributed by atoms with Gasteiger partial charge in [-0.2, -0.15) is 0 Å². The van der Waals surface area contributed by atoms with Gasteiger partial charge in [0.15, 0.2) is 5.11 Å². The Morgan fingerprint density at radius 2 is 1.86 bits per heavy atom. The highest BCUT2D eigenvalue weighted by Gasteiger charge is 2.31. The van der Waals surface area contributed by atoms with Gasteiger partial charge >= 0.3 is 0 Å². The molecule has 0 saturated carbocycles. The molecule has 0 saturated heterocycles. The van der Waals surface area contributed by atoms with Gasteiger partial charge in [-0.05, 0) is 50.7 Å². The van der Waals surface area contributed by atoms with Gasteiger partial charge in [0, 0.05) is 23.8 Å². The second-order valence-corrected chi connectivity index (χ2v) is 5.94. The molecule has 1 aliphatic rings. The van der Waals surface area contributed by atoms with Gasteiger partial charge in [0.25, 0.3) is 5.91 Å². The number of nitrogens with one attached hydrogen (secondary N) is 2. The number of amides is 1. The van der Waals surface area contributed by atoms with E-state index in [0.717, 1.165) is 11.3 Å². The standard InChI is InChI=1S/C16H20ClN3OS/c1-4-20(5-2)15(21)13-10(3)18-16(22)19-14(13)11-6-8-12(17)9-7-11/h6-9,14H,4-5H2,1-3H3,(H2,18,19,22). The molecule has 6 heteroatoms. The second kappa shape index (κ2) is 7.11. The SMILES string of the molecule is CCN(CC)C(=O)C1=C(C)NC(=S)NC1c1ccc(Cl)cc1. The molecule has 0 aliphatic carbocycles. The van der Waals surface area contributed by atoms with E-state index in [1.807, 2.05) is 45.0 Å². The van der Waals surface area contributed by atoms with Crippen molar-refractivity contribution in [1.82, 2.24) is 15.5 Å². The number of hydrogen-bond acceptors (Lipinski definition) is 2. The van der Waals surface area contributed by atoms with Gasteiger partial charge in [-0.15, -0.1) is 0 Å². The van der Waals surface area contributed by atoms with Gasteiger partial charge in [0.05, 0.1) is 11.6 Å². The largest absolute Gasteiger partial charge is 0.351 e. The summed E-state index contributed by atoms with van der Waals surface area (Å²) >= 11 is 11.2. The molecule has 0 fully saturated rings. The number of likely N-dealkylation sites (N-methyl/N-ethyl adjacent to an activating group) is 1. The van der Waals surface area contributed by atoms with Crippen molar-refractivity contribution in [3.63, 3.8) is 0 Å². The minimum absolute atomic E-state index is 0.0185. The average Bonchev–Trinajstić information content (AvgIpc) is 2.48. The first-order valence-corrected chi connectivity index (χ1v) is 8.09. The Kier molecular flexibility index (Phi) is 5.42. The van der Waals surface area contributed by atoms with Crippen LogP contribution in [-0.4, -0.2) is 29.0 Å². The van der Waals surface area contributed by atoms with Crippen LogP contribution in [0.25, 0.3) is 0 Å². The summed E-state index contributed by atoms with van der Waals surface area (Å²) in [6, 6.07) is 7.20. The molecule has 1 heterocycles. The zero-order valence-electron chi connectivity index (χ0n) is 12.9. The lowest BCUT2D eigenvalue weighted by atomic mass is 9.94. The molecule has 22 heavy (non-hydrogen) atoms. The van der Waals surface area contributed by atoms with Crippen molar-refractivity contribution >= 4 is 34.8 Å². The number of allylic oxidation sites excluding steroid dienone is 1. The van der Waals surface area contributed by atoms with Gasteiger partial charge in [0.1, 0.15) is 0 Å². The van der Waals surface area contributed by atoms with Crippen LogP contribution >= 0.6 is 23.8 Å². The number of thiocarbonyl (C=S) groups is 1. The zero-order valence-corrected chi connectivity index (χ0v) is 14.5. The maximum Gasteiger partial charge on any atom is 0.253 e. The lowest BCUT2D eigenvalue weighted by Gasteiger charge is -2.33. The molecule has 1 aliphatic heterocycles. The van der Waals surface area contributed by atoms with E-state index in [1.54, 1.807) is 4.90 Å². The summed E-state index contributed by atoms with van der Waals surface area (Å²) in [4.78, 5) is 14.7. The molecule has 0 bridgehead atoms. The second-order valence-electron chi connectivity index (χ2n) is 5.10. The predicted octanol–water partition coefficient (Wildman–Crippen LogP) is 3.00. The van der Waals surface area contributed by atoms with Crippen LogP contribution in [0.5, 0.6) is 0 Å². The van der Waals surface area contributed by atoms with Gasteiger partial charge in [0.2, 0.25) is 0 Å². The minimum Gasteiger partial charge on any atom is -0.351 e. The van der Waals surface area contributed by atoms with Crippen LogP contribution in [0.15, 0.2) is 35.5 Å². The number of nitrogens with zero attached hydrogens (tertiary/aromatic N) is 1. The van der Waals surface area contributed by atoms with Crippen LogP contribution < -0.4 is 10.6 Å². The molecule has 1 atom stereocenters. The third-order valence-corrected chi connectivity index (χ3v) is 4.23. The van der Waals surface area contributed by atoms with Crippen LogP contribution in [0.1, 0.15) is 32.4 Å². The van der Waals surface area contributed by atoms with Crippen LogP contribution in [0.4, 0.5) is 0 Å². The van der Waals surface area contributed by atoms with Crippen molar-refractivity contribution in [3.8, 4) is 0 Å². The number of carbonyl (C=O) groups is 1. The highest BCUT2D eigenvalue weighted by atomic mass is 35.5. The Labute approximate surface area is 141 Å². The summed E-state index contributed by atoms with van der Waals surface area (Å²) in [6.07, 6.45) is 0. The number of carbonyl (C=O) groups excluding carboxylic acids is 1. The molecule has 0 radical (unpaired) electrons. The van der Waals surface area contributed by atoms with Crippen molar-refractivity contribution in [3.05, 3.63) is 46.1 Å².